The lowest BCUT2D eigenvalue weighted by Crippen LogP contribution is -2.36. The third kappa shape index (κ3) is 5.74. The van der Waals surface area contributed by atoms with E-state index >= 15 is 0 Å². The van der Waals surface area contributed by atoms with E-state index in [0.717, 1.165) is 31.6 Å². The highest BCUT2D eigenvalue weighted by molar-refractivity contribution is 5.06. The van der Waals surface area contributed by atoms with E-state index in [0.29, 0.717) is 6.04 Å². The normalized spacial score (nSPS) is 13.8. The van der Waals surface area contributed by atoms with Crippen LogP contribution in [-0.2, 0) is 11.3 Å². The molecule has 0 saturated carbocycles. The minimum absolute atomic E-state index is 0.0535. The van der Waals surface area contributed by atoms with Gasteiger partial charge in [-0.2, -0.15) is 5.10 Å². The lowest BCUT2D eigenvalue weighted by atomic mass is 10.00. The van der Waals surface area contributed by atoms with Crippen molar-refractivity contribution in [3.05, 3.63) is 17.5 Å². The van der Waals surface area contributed by atoms with E-state index in [1.165, 1.54) is 5.69 Å². The molecule has 1 unspecified atom stereocenters. The molecule has 0 aliphatic heterocycles. The maximum absolute atomic E-state index is 5.45. The predicted octanol–water partition coefficient (Wildman–Crippen LogP) is 2.68. The third-order valence-electron chi connectivity index (χ3n) is 3.49. The number of ether oxygens (including phenoxy) is 1. The topological polar surface area (TPSA) is 39.1 Å². The first kappa shape index (κ1) is 16.2. The van der Waals surface area contributed by atoms with Gasteiger partial charge in [-0.25, -0.2) is 0 Å². The van der Waals surface area contributed by atoms with E-state index in [1.54, 1.807) is 7.11 Å². The van der Waals surface area contributed by atoms with Crippen LogP contribution in [0.3, 0.4) is 0 Å². The largest absolute Gasteiger partial charge is 0.379 e. The van der Waals surface area contributed by atoms with Crippen LogP contribution in [0.4, 0.5) is 0 Å². The number of aromatic nitrogens is 2. The van der Waals surface area contributed by atoms with Crippen LogP contribution in [0.15, 0.2) is 6.07 Å². The quantitative estimate of drug-likeness (QED) is 0.736. The van der Waals surface area contributed by atoms with Gasteiger partial charge in [0.2, 0.25) is 0 Å². The SMILES string of the molecule is COC(C)(C)CC(C)NCCCn1nc(C)cc1C. The van der Waals surface area contributed by atoms with Crippen LogP contribution in [-0.4, -0.2) is 35.1 Å². The average Bonchev–Trinajstić information content (AvgIpc) is 2.63. The van der Waals surface area contributed by atoms with Crippen LogP contribution in [0, 0.1) is 13.8 Å². The highest BCUT2D eigenvalue weighted by atomic mass is 16.5. The molecule has 0 aliphatic carbocycles. The molecule has 4 heteroatoms. The van der Waals surface area contributed by atoms with Gasteiger partial charge < -0.3 is 10.1 Å². The monoisotopic (exact) mass is 267 g/mol. The van der Waals surface area contributed by atoms with E-state index in [9.17, 15) is 0 Å². The third-order valence-corrected chi connectivity index (χ3v) is 3.49. The molecular formula is C15H29N3O. The number of methoxy groups -OCH3 is 1. The Labute approximate surface area is 117 Å². The molecule has 0 saturated heterocycles. The second-order valence-corrected chi connectivity index (χ2v) is 6.03. The summed E-state index contributed by atoms with van der Waals surface area (Å²) in [6.45, 7) is 12.6. The van der Waals surface area contributed by atoms with Crippen LogP contribution >= 0.6 is 0 Å². The summed E-state index contributed by atoms with van der Waals surface area (Å²) < 4.78 is 7.53. The Kier molecular flexibility index (Phi) is 6.01. The number of rotatable bonds is 8. The van der Waals surface area contributed by atoms with E-state index in [1.807, 2.05) is 6.92 Å². The molecule has 1 rings (SSSR count). The molecule has 0 amide bonds. The molecule has 0 fully saturated rings. The summed E-state index contributed by atoms with van der Waals surface area (Å²) >= 11 is 0. The van der Waals surface area contributed by atoms with Gasteiger partial charge in [0, 0.05) is 25.4 Å². The van der Waals surface area contributed by atoms with Crippen molar-refractivity contribution in [3.63, 3.8) is 0 Å². The number of nitrogens with one attached hydrogen (secondary N) is 1. The first-order valence-corrected chi connectivity index (χ1v) is 7.13. The van der Waals surface area contributed by atoms with Crippen LogP contribution < -0.4 is 5.32 Å². The molecule has 0 radical (unpaired) electrons. The summed E-state index contributed by atoms with van der Waals surface area (Å²) in [6.07, 6.45) is 2.11. The maximum atomic E-state index is 5.45. The van der Waals surface area contributed by atoms with Gasteiger partial charge >= 0.3 is 0 Å². The second kappa shape index (κ2) is 7.06. The fraction of sp³-hybridized carbons (Fsp3) is 0.800. The molecule has 1 atom stereocenters. The molecule has 1 N–H and O–H groups in total. The summed E-state index contributed by atoms with van der Waals surface area (Å²) in [6, 6.07) is 2.59. The van der Waals surface area contributed by atoms with Crippen molar-refractivity contribution >= 4 is 0 Å². The van der Waals surface area contributed by atoms with Gasteiger partial charge in [-0.1, -0.05) is 0 Å². The molecule has 0 bridgehead atoms. The van der Waals surface area contributed by atoms with Crippen molar-refractivity contribution in [2.45, 2.75) is 65.6 Å². The maximum Gasteiger partial charge on any atom is 0.0637 e. The summed E-state index contributed by atoms with van der Waals surface area (Å²) in [5.74, 6) is 0. The number of nitrogens with zero attached hydrogens (tertiary/aromatic N) is 2. The summed E-state index contributed by atoms with van der Waals surface area (Å²) in [5.41, 5.74) is 2.29. The molecule has 4 nitrogen and oxygen atoms in total. The first-order valence-electron chi connectivity index (χ1n) is 7.13. The first-order chi connectivity index (χ1) is 8.84. The molecule has 19 heavy (non-hydrogen) atoms. The molecule has 0 spiro atoms. The van der Waals surface area contributed by atoms with Gasteiger partial charge in [0.1, 0.15) is 0 Å². The highest BCUT2D eigenvalue weighted by Crippen LogP contribution is 2.15. The number of aryl methyl sites for hydroxylation is 3. The van der Waals surface area contributed by atoms with Crippen LogP contribution in [0.25, 0.3) is 0 Å². The van der Waals surface area contributed by atoms with E-state index in [2.05, 4.69) is 48.9 Å². The van der Waals surface area contributed by atoms with Crippen molar-refractivity contribution in [1.82, 2.24) is 15.1 Å². The van der Waals surface area contributed by atoms with Gasteiger partial charge in [0.25, 0.3) is 0 Å². The Morgan fingerprint density at radius 2 is 2.11 bits per heavy atom. The summed E-state index contributed by atoms with van der Waals surface area (Å²) in [5, 5.41) is 8.02. The Hall–Kier alpha value is -0.870. The summed E-state index contributed by atoms with van der Waals surface area (Å²) in [7, 11) is 1.77. The van der Waals surface area contributed by atoms with Crippen LogP contribution in [0.2, 0.25) is 0 Å². The Bertz CT molecular complexity index is 385. The van der Waals surface area contributed by atoms with Gasteiger partial charge in [-0.3, -0.25) is 4.68 Å². The Morgan fingerprint density at radius 3 is 2.63 bits per heavy atom. The fourth-order valence-corrected chi connectivity index (χ4v) is 2.37. The standard InChI is InChI=1S/C15H29N3O/c1-12-10-14(3)18(17-12)9-7-8-16-13(2)11-15(4,5)19-6/h10,13,16H,7-9,11H2,1-6H3. The van der Waals surface area contributed by atoms with E-state index in [-0.39, 0.29) is 5.60 Å². The molecule has 0 aliphatic rings. The van der Waals surface area contributed by atoms with Gasteiger partial charge in [-0.15, -0.1) is 0 Å². The zero-order valence-electron chi connectivity index (χ0n) is 13.3. The van der Waals surface area contributed by atoms with Gasteiger partial charge in [-0.05, 0) is 60.1 Å². The Balaban J connectivity index is 2.22. The van der Waals surface area contributed by atoms with Crippen LogP contribution in [0.1, 0.15) is 45.0 Å². The number of hydrogen-bond acceptors (Lipinski definition) is 3. The molecule has 1 aromatic heterocycles. The summed E-state index contributed by atoms with van der Waals surface area (Å²) in [4.78, 5) is 0. The molecule has 1 aromatic rings. The van der Waals surface area contributed by atoms with E-state index < -0.39 is 0 Å². The lowest BCUT2D eigenvalue weighted by molar-refractivity contribution is 0.00858. The molecule has 0 aromatic carbocycles. The van der Waals surface area contributed by atoms with Crippen molar-refractivity contribution in [2.24, 2.45) is 0 Å². The predicted molar refractivity (Wildman–Crippen MR) is 79.5 cm³/mol. The zero-order valence-corrected chi connectivity index (χ0v) is 13.3. The smallest absolute Gasteiger partial charge is 0.0637 e. The van der Waals surface area contributed by atoms with Crippen molar-refractivity contribution in [3.8, 4) is 0 Å². The van der Waals surface area contributed by atoms with Crippen molar-refractivity contribution in [2.75, 3.05) is 13.7 Å². The number of hydrogen-bond donors (Lipinski definition) is 1. The van der Waals surface area contributed by atoms with Gasteiger partial charge in [0.15, 0.2) is 0 Å². The van der Waals surface area contributed by atoms with Crippen molar-refractivity contribution in [1.29, 1.82) is 0 Å². The van der Waals surface area contributed by atoms with Gasteiger partial charge in [0.05, 0.1) is 11.3 Å². The molecule has 1 heterocycles. The Morgan fingerprint density at radius 1 is 1.42 bits per heavy atom. The van der Waals surface area contributed by atoms with Crippen molar-refractivity contribution < 1.29 is 4.74 Å². The molecular weight excluding hydrogens is 238 g/mol. The average molecular weight is 267 g/mol. The minimum atomic E-state index is -0.0535. The molecule has 110 valence electrons. The zero-order chi connectivity index (χ0) is 14.5. The van der Waals surface area contributed by atoms with Crippen LogP contribution in [0.5, 0.6) is 0 Å². The lowest BCUT2D eigenvalue weighted by Gasteiger charge is -2.27. The fourth-order valence-electron chi connectivity index (χ4n) is 2.37. The second-order valence-electron chi connectivity index (χ2n) is 6.03. The minimum Gasteiger partial charge on any atom is -0.379 e. The van der Waals surface area contributed by atoms with E-state index in [4.69, 9.17) is 4.74 Å². The highest BCUT2D eigenvalue weighted by Gasteiger charge is 2.19.